The molecule has 1 aromatic heterocycles. The van der Waals surface area contributed by atoms with Gasteiger partial charge in [0, 0.05) is 23.4 Å². The summed E-state index contributed by atoms with van der Waals surface area (Å²) in [7, 11) is -3.31. The molecular formula is C21H16F2N2O6S. The van der Waals surface area contributed by atoms with Crippen LogP contribution in [0.4, 0.5) is 14.5 Å². The molecule has 11 heteroatoms. The number of carbonyl (C=O) groups excluding carboxylic acids is 1. The molecule has 4 bridgehead atoms. The molecule has 0 radical (unpaired) electrons. The first-order valence-corrected chi connectivity index (χ1v) is 10.7. The number of esters is 1. The van der Waals surface area contributed by atoms with E-state index in [4.69, 9.17) is 14.2 Å². The van der Waals surface area contributed by atoms with Crippen molar-refractivity contribution in [3.8, 4) is 22.8 Å². The van der Waals surface area contributed by atoms with E-state index in [9.17, 15) is 22.0 Å². The van der Waals surface area contributed by atoms with E-state index in [1.807, 2.05) is 0 Å². The van der Waals surface area contributed by atoms with Gasteiger partial charge in [0.1, 0.15) is 30.6 Å². The number of pyridine rings is 1. The van der Waals surface area contributed by atoms with Crippen LogP contribution in [0.5, 0.6) is 11.6 Å². The van der Waals surface area contributed by atoms with Crippen molar-refractivity contribution in [2.24, 2.45) is 0 Å². The van der Waals surface area contributed by atoms with Crippen molar-refractivity contribution in [1.29, 1.82) is 0 Å². The van der Waals surface area contributed by atoms with Crippen molar-refractivity contribution in [2.45, 2.75) is 4.90 Å². The summed E-state index contributed by atoms with van der Waals surface area (Å²) in [6.45, 7) is -0.234. The van der Waals surface area contributed by atoms with Crippen LogP contribution in [-0.2, 0) is 14.8 Å². The van der Waals surface area contributed by atoms with Crippen molar-refractivity contribution in [3.63, 3.8) is 0 Å². The molecule has 0 amide bonds. The number of anilines is 1. The monoisotopic (exact) mass is 462 g/mol. The minimum Gasteiger partial charge on any atom is -0.489 e. The molecule has 0 atom stereocenters. The summed E-state index contributed by atoms with van der Waals surface area (Å²) < 4.78 is 73.0. The van der Waals surface area contributed by atoms with Crippen LogP contribution in [0.2, 0.25) is 0 Å². The second-order valence-electron chi connectivity index (χ2n) is 6.63. The van der Waals surface area contributed by atoms with Crippen molar-refractivity contribution < 1.29 is 36.2 Å². The van der Waals surface area contributed by atoms with E-state index in [1.54, 1.807) is 18.2 Å². The van der Waals surface area contributed by atoms with Gasteiger partial charge in [-0.2, -0.15) is 0 Å². The maximum atomic E-state index is 14.6. The molecule has 0 fully saturated rings. The lowest BCUT2D eigenvalue weighted by molar-refractivity contribution is 0.0450. The molecule has 2 heterocycles. The summed E-state index contributed by atoms with van der Waals surface area (Å²) in [4.78, 5) is 15.6. The summed E-state index contributed by atoms with van der Waals surface area (Å²) in [5, 5.41) is 0. The maximum absolute atomic E-state index is 14.6. The van der Waals surface area contributed by atoms with E-state index in [0.717, 1.165) is 18.3 Å². The van der Waals surface area contributed by atoms with Gasteiger partial charge in [-0.25, -0.2) is 27.0 Å². The van der Waals surface area contributed by atoms with Crippen molar-refractivity contribution in [2.75, 3.05) is 25.0 Å². The van der Waals surface area contributed by atoms with Crippen LogP contribution in [-0.4, -0.2) is 39.7 Å². The molecule has 0 unspecified atom stereocenters. The average molecular weight is 462 g/mol. The van der Waals surface area contributed by atoms with Gasteiger partial charge in [-0.15, -0.1) is 0 Å². The number of hydrogen-bond acceptors (Lipinski definition) is 7. The number of para-hydroxylation sites is 1. The second-order valence-corrected chi connectivity index (χ2v) is 8.28. The first-order chi connectivity index (χ1) is 15.3. The van der Waals surface area contributed by atoms with Crippen LogP contribution < -0.4 is 14.2 Å². The smallest absolute Gasteiger partial charge is 0.339 e. The van der Waals surface area contributed by atoms with E-state index >= 15 is 0 Å². The Labute approximate surface area is 181 Å². The summed E-state index contributed by atoms with van der Waals surface area (Å²) in [5.41, 5.74) is -0.514. The average Bonchev–Trinajstić information content (AvgIpc) is 2.78. The number of carbonyl (C=O) groups is 1. The summed E-state index contributed by atoms with van der Waals surface area (Å²) in [6, 6.07) is 8.94. The number of cyclic esters (lactones) is 1. The topological polar surface area (TPSA) is 104 Å². The van der Waals surface area contributed by atoms with Crippen LogP contribution in [0.25, 0.3) is 11.1 Å². The zero-order valence-electron chi connectivity index (χ0n) is 16.6. The second kappa shape index (κ2) is 8.42. The highest BCUT2D eigenvalue weighted by Gasteiger charge is 2.26. The lowest BCUT2D eigenvalue weighted by Crippen LogP contribution is -2.17. The van der Waals surface area contributed by atoms with Gasteiger partial charge in [0.2, 0.25) is 5.88 Å². The minimum absolute atomic E-state index is 0.0641. The van der Waals surface area contributed by atoms with Crippen LogP contribution in [0.3, 0.4) is 0 Å². The quantitative estimate of drug-likeness (QED) is 0.553. The number of sulfonamides is 1. The molecule has 1 aliphatic rings. The maximum Gasteiger partial charge on any atom is 0.339 e. The first-order valence-electron chi connectivity index (χ1n) is 9.25. The molecular weight excluding hydrogens is 446 g/mol. The lowest BCUT2D eigenvalue weighted by atomic mass is 10.0. The predicted molar refractivity (Wildman–Crippen MR) is 109 cm³/mol. The number of nitrogens with zero attached hydrogens (tertiary/aromatic N) is 1. The zero-order valence-corrected chi connectivity index (χ0v) is 17.4. The highest BCUT2D eigenvalue weighted by Crippen LogP contribution is 2.36. The van der Waals surface area contributed by atoms with Gasteiger partial charge in [-0.3, -0.25) is 4.72 Å². The van der Waals surface area contributed by atoms with Crippen LogP contribution in [0.1, 0.15) is 10.4 Å². The Morgan fingerprint density at radius 3 is 2.56 bits per heavy atom. The molecule has 1 aliphatic heterocycles. The van der Waals surface area contributed by atoms with E-state index in [-0.39, 0.29) is 41.5 Å². The minimum atomic E-state index is -4.49. The van der Waals surface area contributed by atoms with Crippen molar-refractivity contribution in [3.05, 3.63) is 65.9 Å². The molecule has 8 nitrogen and oxygen atoms in total. The largest absolute Gasteiger partial charge is 0.489 e. The van der Waals surface area contributed by atoms with Crippen LogP contribution in [0, 0.1) is 11.6 Å². The number of rotatable bonds is 1. The highest BCUT2D eigenvalue weighted by molar-refractivity contribution is 7.92. The van der Waals surface area contributed by atoms with Crippen LogP contribution >= 0.6 is 0 Å². The number of methoxy groups -OCH3 is 1. The number of benzene rings is 2. The summed E-state index contributed by atoms with van der Waals surface area (Å²) >= 11 is 0. The third kappa shape index (κ3) is 4.06. The van der Waals surface area contributed by atoms with Gasteiger partial charge < -0.3 is 14.2 Å². The summed E-state index contributed by atoms with van der Waals surface area (Å²) in [5.74, 6) is -2.99. The third-order valence-corrected chi connectivity index (χ3v) is 5.95. The molecule has 1 N–H and O–H groups in total. The van der Waals surface area contributed by atoms with Gasteiger partial charge >= 0.3 is 5.97 Å². The third-order valence-electron chi connectivity index (χ3n) is 4.59. The molecule has 4 rings (SSSR count). The van der Waals surface area contributed by atoms with Gasteiger partial charge in [0.05, 0.1) is 18.4 Å². The number of ether oxygens (including phenoxy) is 3. The Kier molecular flexibility index (Phi) is 5.66. The van der Waals surface area contributed by atoms with Crippen LogP contribution in [0.15, 0.2) is 53.6 Å². The predicted octanol–water partition coefficient (Wildman–Crippen LogP) is 3.39. The Balaban J connectivity index is 1.92. The van der Waals surface area contributed by atoms with E-state index in [0.29, 0.717) is 6.07 Å². The molecule has 32 heavy (non-hydrogen) atoms. The van der Waals surface area contributed by atoms with Gasteiger partial charge in [-0.1, -0.05) is 18.2 Å². The highest BCUT2D eigenvalue weighted by atomic mass is 32.2. The Morgan fingerprint density at radius 2 is 1.78 bits per heavy atom. The van der Waals surface area contributed by atoms with Gasteiger partial charge in [-0.05, 0) is 18.2 Å². The molecule has 0 aliphatic carbocycles. The molecule has 0 saturated heterocycles. The Morgan fingerprint density at radius 1 is 1.03 bits per heavy atom. The Bertz CT molecular complexity index is 1310. The SMILES string of the molecule is COc1ncc2cc1S(=O)(=O)Nc1cc(c(F)cc1F)-c1ccccc1OCCOC2=O. The van der Waals surface area contributed by atoms with E-state index < -0.39 is 38.2 Å². The molecule has 2 aromatic carbocycles. The number of nitrogens with one attached hydrogen (secondary N) is 1. The fourth-order valence-electron chi connectivity index (χ4n) is 3.11. The lowest BCUT2D eigenvalue weighted by Gasteiger charge is -2.15. The fourth-order valence-corrected chi connectivity index (χ4v) is 4.31. The normalized spacial score (nSPS) is 15.2. The number of fused-ring (bicyclic) bond motifs is 6. The fraction of sp³-hybridized carbons (Fsp3) is 0.143. The van der Waals surface area contributed by atoms with Crippen molar-refractivity contribution >= 4 is 21.7 Å². The summed E-state index contributed by atoms with van der Waals surface area (Å²) in [6.07, 6.45) is 1.09. The van der Waals surface area contributed by atoms with Gasteiger partial charge in [0.15, 0.2) is 4.90 Å². The molecule has 3 aromatic rings. The standard InChI is InChI=1S/C21H16F2N2O6S/c1-29-20-19-8-12(11-24-20)21(26)31-7-6-30-18-5-3-2-4-13(18)14-9-17(25-32(19,27)28)16(23)10-15(14)22/h2-5,8-11,25H,6-7H2,1H3. The van der Waals surface area contributed by atoms with Crippen molar-refractivity contribution in [1.82, 2.24) is 4.98 Å². The molecule has 0 spiro atoms. The number of hydrogen-bond donors (Lipinski definition) is 1. The van der Waals surface area contributed by atoms with E-state index in [1.165, 1.54) is 13.2 Å². The zero-order chi connectivity index (χ0) is 22.9. The van der Waals surface area contributed by atoms with Gasteiger partial charge in [0.25, 0.3) is 10.0 Å². The number of halogens is 2. The molecule has 166 valence electrons. The van der Waals surface area contributed by atoms with E-state index in [2.05, 4.69) is 9.71 Å². The number of aromatic nitrogens is 1. The first kappa shape index (κ1) is 21.5. The Hall–Kier alpha value is -3.73. The molecule has 0 saturated carbocycles.